The lowest BCUT2D eigenvalue weighted by atomic mass is 9.80. The number of esters is 1. The van der Waals surface area contributed by atoms with E-state index in [9.17, 15) is 35.9 Å². The van der Waals surface area contributed by atoms with Crippen molar-refractivity contribution < 1.29 is 45.4 Å². The molecule has 5 rings (SSSR count). The molecule has 1 unspecified atom stereocenters. The summed E-state index contributed by atoms with van der Waals surface area (Å²) in [6, 6.07) is 0.354. The molecule has 0 bridgehead atoms. The third-order valence-corrected chi connectivity index (χ3v) is 9.78. The lowest BCUT2D eigenvalue weighted by Gasteiger charge is -2.34. The molecule has 49 heavy (non-hydrogen) atoms. The zero-order chi connectivity index (χ0) is 35.5. The second-order valence-corrected chi connectivity index (χ2v) is 13.1. The summed E-state index contributed by atoms with van der Waals surface area (Å²) in [4.78, 5) is 40.4. The minimum Gasteiger partial charge on any atom is -0.466 e. The van der Waals surface area contributed by atoms with Crippen molar-refractivity contribution in [2.75, 3.05) is 42.6 Å². The van der Waals surface area contributed by atoms with Crippen molar-refractivity contribution in [1.29, 1.82) is 0 Å². The van der Waals surface area contributed by atoms with Crippen LogP contribution in [0.1, 0.15) is 94.2 Å². The zero-order valence-electron chi connectivity index (χ0n) is 27.9. The van der Waals surface area contributed by atoms with Gasteiger partial charge in [-0.2, -0.15) is 26.3 Å². The minimum atomic E-state index is -5.04. The summed E-state index contributed by atoms with van der Waals surface area (Å²) >= 11 is 0. The van der Waals surface area contributed by atoms with Gasteiger partial charge in [-0.1, -0.05) is 0 Å². The van der Waals surface area contributed by atoms with Gasteiger partial charge in [-0.25, -0.2) is 14.8 Å². The number of cyclic esters (lactones) is 1. The molecule has 0 spiro atoms. The number of anilines is 2. The van der Waals surface area contributed by atoms with E-state index < -0.39 is 47.3 Å². The van der Waals surface area contributed by atoms with Gasteiger partial charge in [0, 0.05) is 32.6 Å². The van der Waals surface area contributed by atoms with Gasteiger partial charge >= 0.3 is 24.4 Å². The largest absolute Gasteiger partial charge is 0.466 e. The summed E-state index contributed by atoms with van der Waals surface area (Å²) in [5.74, 6) is 1.62. The molecule has 3 aliphatic rings. The third-order valence-electron chi connectivity index (χ3n) is 9.78. The SMILES string of the molecule is CCOC(=O)C[C@H]1CC[C@H](CN(CC)c2ncc(N3CCCC3)nc2CN2C(=O)OC(c3cc(C(F)(F)F)cc(C(F)(F)F)c3)[C@@H]2C)CC1. The van der Waals surface area contributed by atoms with Crippen LogP contribution in [0.25, 0.3) is 0 Å². The topological polar surface area (TPSA) is 88.1 Å². The van der Waals surface area contributed by atoms with Crippen LogP contribution >= 0.6 is 0 Å². The van der Waals surface area contributed by atoms with Crippen LogP contribution in [0.5, 0.6) is 0 Å². The van der Waals surface area contributed by atoms with E-state index in [2.05, 4.69) is 9.80 Å². The van der Waals surface area contributed by atoms with Crippen LogP contribution in [0.2, 0.25) is 0 Å². The van der Waals surface area contributed by atoms with Crippen LogP contribution in [-0.4, -0.2) is 65.8 Å². The average molecular weight is 700 g/mol. The molecular weight excluding hydrogens is 656 g/mol. The summed E-state index contributed by atoms with van der Waals surface area (Å²) in [6.07, 6.45) is -4.57. The third kappa shape index (κ3) is 8.69. The van der Waals surface area contributed by atoms with Gasteiger partial charge in [0.1, 0.15) is 17.6 Å². The Hall–Kier alpha value is -3.78. The molecule has 1 aliphatic carbocycles. The number of carbonyl (C=O) groups excluding carboxylic acids is 2. The number of aromatic nitrogens is 2. The molecule has 0 radical (unpaired) electrons. The van der Waals surface area contributed by atoms with Gasteiger partial charge in [-0.15, -0.1) is 0 Å². The maximum atomic E-state index is 13.6. The number of amides is 1. The summed E-state index contributed by atoms with van der Waals surface area (Å²) in [6.45, 7) is 8.40. The molecule has 270 valence electrons. The molecule has 1 aromatic heterocycles. The van der Waals surface area contributed by atoms with Gasteiger partial charge in [-0.3, -0.25) is 9.69 Å². The predicted molar refractivity (Wildman–Crippen MR) is 169 cm³/mol. The summed E-state index contributed by atoms with van der Waals surface area (Å²) in [7, 11) is 0. The Balaban J connectivity index is 1.38. The second-order valence-electron chi connectivity index (χ2n) is 13.1. The molecule has 9 nitrogen and oxygen atoms in total. The Labute approximate surface area is 281 Å². The smallest absolute Gasteiger partial charge is 0.416 e. The fraction of sp³-hybridized carbons (Fsp3) is 0.647. The molecule has 2 atom stereocenters. The van der Waals surface area contributed by atoms with Crippen LogP contribution < -0.4 is 9.80 Å². The Bertz CT molecular complexity index is 1440. The summed E-state index contributed by atoms with van der Waals surface area (Å²) in [5, 5.41) is 0. The van der Waals surface area contributed by atoms with Crippen molar-refractivity contribution in [3.05, 3.63) is 46.8 Å². The highest BCUT2D eigenvalue weighted by atomic mass is 19.4. The van der Waals surface area contributed by atoms with Crippen LogP contribution in [0.4, 0.5) is 42.8 Å². The normalized spacial score (nSPS) is 23.2. The van der Waals surface area contributed by atoms with Gasteiger partial charge in [0.2, 0.25) is 0 Å². The molecule has 1 aromatic carbocycles. The maximum Gasteiger partial charge on any atom is 0.416 e. The van der Waals surface area contributed by atoms with Crippen molar-refractivity contribution in [1.82, 2.24) is 14.9 Å². The fourth-order valence-corrected chi connectivity index (χ4v) is 7.09. The van der Waals surface area contributed by atoms with Gasteiger partial charge in [0.25, 0.3) is 0 Å². The first-order valence-corrected chi connectivity index (χ1v) is 17.0. The van der Waals surface area contributed by atoms with E-state index in [0.29, 0.717) is 61.5 Å². The lowest BCUT2D eigenvalue weighted by Crippen LogP contribution is -2.36. The number of hydrogen-bond acceptors (Lipinski definition) is 8. The van der Waals surface area contributed by atoms with Crippen molar-refractivity contribution in [3.8, 4) is 0 Å². The van der Waals surface area contributed by atoms with E-state index in [-0.39, 0.29) is 24.5 Å². The van der Waals surface area contributed by atoms with Gasteiger partial charge < -0.3 is 19.3 Å². The van der Waals surface area contributed by atoms with E-state index in [1.54, 1.807) is 13.1 Å². The number of alkyl halides is 6. The average Bonchev–Trinajstić information content (AvgIpc) is 3.69. The highest BCUT2D eigenvalue weighted by molar-refractivity contribution is 5.71. The zero-order valence-corrected chi connectivity index (χ0v) is 27.9. The van der Waals surface area contributed by atoms with E-state index in [1.807, 2.05) is 6.92 Å². The number of benzene rings is 1. The van der Waals surface area contributed by atoms with E-state index in [1.165, 1.54) is 11.8 Å². The molecule has 2 aliphatic heterocycles. The van der Waals surface area contributed by atoms with Gasteiger partial charge in [-0.05, 0) is 94.9 Å². The maximum absolute atomic E-state index is 13.6. The molecule has 1 amide bonds. The van der Waals surface area contributed by atoms with Gasteiger partial charge in [0.15, 0.2) is 5.82 Å². The first kappa shape index (κ1) is 36.5. The van der Waals surface area contributed by atoms with Crippen molar-refractivity contribution in [2.24, 2.45) is 11.8 Å². The summed E-state index contributed by atoms with van der Waals surface area (Å²) in [5.41, 5.74) is -2.87. The second kappa shape index (κ2) is 15.0. The number of carbonyl (C=O) groups is 2. The van der Waals surface area contributed by atoms with Crippen molar-refractivity contribution in [2.45, 2.75) is 96.8 Å². The van der Waals surface area contributed by atoms with Crippen LogP contribution in [0.3, 0.4) is 0 Å². The first-order valence-electron chi connectivity index (χ1n) is 17.0. The van der Waals surface area contributed by atoms with Crippen LogP contribution in [0, 0.1) is 11.8 Å². The molecule has 1 saturated carbocycles. The molecule has 3 fully saturated rings. The van der Waals surface area contributed by atoms with Gasteiger partial charge in [0.05, 0.1) is 36.5 Å². The Kier molecular flexibility index (Phi) is 11.2. The standard InChI is InChI=1S/C34H43F6N5O4/c1-4-43(19-23-10-8-22(9-11-23)14-29(46)48-5-2)31-27(42-28(18-41-31)44-12-6-7-13-44)20-45-21(3)30(49-32(45)47)24-15-25(33(35,36)37)17-26(16-24)34(38,39)40/h15-18,21-23,30H,4-14,19-20H2,1-3H3/t21-,22-,23-,30?/m0/s1. The molecule has 0 N–H and O–H groups in total. The molecule has 3 heterocycles. The summed E-state index contributed by atoms with van der Waals surface area (Å²) < 4.78 is 92.3. The highest BCUT2D eigenvalue weighted by Gasteiger charge is 2.44. The monoisotopic (exact) mass is 699 g/mol. The van der Waals surface area contributed by atoms with E-state index in [4.69, 9.17) is 19.4 Å². The molecule has 15 heteroatoms. The molecule has 2 saturated heterocycles. The Morgan fingerprint density at radius 1 is 0.980 bits per heavy atom. The first-order chi connectivity index (χ1) is 23.2. The quantitative estimate of drug-likeness (QED) is 0.174. The Morgan fingerprint density at radius 2 is 1.59 bits per heavy atom. The molecule has 2 aromatic rings. The minimum absolute atomic E-state index is 0.0562. The lowest BCUT2D eigenvalue weighted by molar-refractivity contribution is -0.145. The number of halogens is 6. The van der Waals surface area contributed by atoms with Crippen molar-refractivity contribution in [3.63, 3.8) is 0 Å². The predicted octanol–water partition coefficient (Wildman–Crippen LogP) is 7.78. The van der Waals surface area contributed by atoms with E-state index in [0.717, 1.165) is 51.6 Å². The fourth-order valence-electron chi connectivity index (χ4n) is 7.09. The number of ether oxygens (including phenoxy) is 2. The number of hydrogen-bond donors (Lipinski definition) is 0. The van der Waals surface area contributed by atoms with Crippen molar-refractivity contribution >= 4 is 23.7 Å². The molecular formula is C34H43F6N5O4. The van der Waals surface area contributed by atoms with Crippen LogP contribution in [-0.2, 0) is 33.2 Å². The van der Waals surface area contributed by atoms with E-state index >= 15 is 0 Å². The number of rotatable bonds is 11. The van der Waals surface area contributed by atoms with Crippen LogP contribution in [0.15, 0.2) is 24.4 Å². The number of nitrogens with zero attached hydrogens (tertiary/aromatic N) is 5. The Morgan fingerprint density at radius 3 is 2.16 bits per heavy atom. The highest BCUT2D eigenvalue weighted by Crippen LogP contribution is 2.41.